The fraction of sp³-hybridized carbons (Fsp3) is 0.0536. The van der Waals surface area contributed by atoms with Gasteiger partial charge in [0.25, 0.3) is 0 Å². The Kier molecular flexibility index (Phi) is 8.16. The van der Waals surface area contributed by atoms with E-state index in [-0.39, 0.29) is 5.41 Å². The fourth-order valence-electron chi connectivity index (χ4n) is 9.48. The molecule has 3 heteroatoms. The van der Waals surface area contributed by atoms with Gasteiger partial charge in [-0.25, -0.2) is 4.52 Å². The van der Waals surface area contributed by atoms with Gasteiger partial charge in [0.1, 0.15) is 5.69 Å². The predicted octanol–water partition coefficient (Wildman–Crippen LogP) is 14.9. The van der Waals surface area contributed by atoms with Crippen LogP contribution in [0.15, 0.2) is 212 Å². The Labute approximate surface area is 345 Å². The summed E-state index contributed by atoms with van der Waals surface area (Å²) >= 11 is 0. The van der Waals surface area contributed by atoms with Gasteiger partial charge in [-0.2, -0.15) is 5.10 Å². The lowest BCUT2D eigenvalue weighted by Crippen LogP contribution is -2.17. The number of benzene rings is 8. The van der Waals surface area contributed by atoms with Gasteiger partial charge in [0.2, 0.25) is 0 Å². The quantitative estimate of drug-likeness (QED) is 0.161. The molecule has 1 aliphatic carbocycles. The van der Waals surface area contributed by atoms with E-state index in [1.165, 1.54) is 27.8 Å². The lowest BCUT2D eigenvalue weighted by molar-refractivity contribution is 0.660. The van der Waals surface area contributed by atoms with Gasteiger partial charge in [-0.3, -0.25) is 0 Å². The molecule has 0 N–H and O–H groups in total. The molecule has 0 atom stereocenters. The van der Waals surface area contributed by atoms with Crippen LogP contribution in [0.5, 0.6) is 0 Å². The summed E-state index contributed by atoms with van der Waals surface area (Å²) in [5, 5.41) is 7.98. The SMILES string of the molecule is CC1(C)c2ccccc2-c2c(N(c3cccc(-c4ccccc4)c3)c3c(-c4ccccc4)n4nc(-c5ccccc5)c(-c5ccccc5)c4c4ccccc34)cccc21. The Morgan fingerprint density at radius 2 is 0.983 bits per heavy atom. The zero-order valence-electron chi connectivity index (χ0n) is 33.0. The van der Waals surface area contributed by atoms with E-state index in [1.54, 1.807) is 0 Å². The predicted molar refractivity (Wildman–Crippen MR) is 247 cm³/mol. The number of fused-ring (bicyclic) bond motifs is 6. The average molecular weight is 756 g/mol. The molecule has 0 saturated heterocycles. The van der Waals surface area contributed by atoms with E-state index in [9.17, 15) is 0 Å². The molecule has 0 spiro atoms. The van der Waals surface area contributed by atoms with Crippen LogP contribution in [0.1, 0.15) is 25.0 Å². The van der Waals surface area contributed by atoms with Crippen LogP contribution in [0.4, 0.5) is 17.1 Å². The van der Waals surface area contributed by atoms with E-state index >= 15 is 0 Å². The van der Waals surface area contributed by atoms with Crippen molar-refractivity contribution in [1.29, 1.82) is 0 Å². The molecule has 0 saturated carbocycles. The van der Waals surface area contributed by atoms with Gasteiger partial charge in [0.15, 0.2) is 0 Å². The largest absolute Gasteiger partial charge is 0.307 e. The Bertz CT molecular complexity index is 3170. The molecule has 8 aromatic carbocycles. The second kappa shape index (κ2) is 13.9. The monoisotopic (exact) mass is 755 g/mol. The molecule has 2 aromatic heterocycles. The molecule has 280 valence electrons. The molecule has 0 aliphatic heterocycles. The number of nitrogens with zero attached hydrogens (tertiary/aromatic N) is 3. The molecule has 0 bridgehead atoms. The normalized spacial score (nSPS) is 12.7. The van der Waals surface area contributed by atoms with Gasteiger partial charge in [-0.05, 0) is 51.6 Å². The highest BCUT2D eigenvalue weighted by Crippen LogP contribution is 2.56. The highest BCUT2D eigenvalue weighted by molar-refractivity contribution is 6.16. The summed E-state index contributed by atoms with van der Waals surface area (Å²) < 4.78 is 2.24. The van der Waals surface area contributed by atoms with Crippen LogP contribution in [-0.2, 0) is 5.41 Å². The summed E-state index contributed by atoms with van der Waals surface area (Å²) in [5.74, 6) is 0. The summed E-state index contributed by atoms with van der Waals surface area (Å²) in [4.78, 5) is 2.53. The van der Waals surface area contributed by atoms with Crippen molar-refractivity contribution in [3.8, 4) is 55.9 Å². The van der Waals surface area contributed by atoms with Crippen LogP contribution in [0.3, 0.4) is 0 Å². The van der Waals surface area contributed by atoms with E-state index < -0.39 is 0 Å². The zero-order valence-corrected chi connectivity index (χ0v) is 33.0. The van der Waals surface area contributed by atoms with E-state index in [0.717, 1.165) is 72.6 Å². The number of rotatable bonds is 7. The van der Waals surface area contributed by atoms with Crippen LogP contribution in [0, 0.1) is 0 Å². The molecular formula is C56H41N3. The van der Waals surface area contributed by atoms with Crippen LogP contribution >= 0.6 is 0 Å². The second-order valence-electron chi connectivity index (χ2n) is 15.9. The number of pyridine rings is 1. The van der Waals surface area contributed by atoms with Crippen molar-refractivity contribution < 1.29 is 0 Å². The molecule has 0 unspecified atom stereocenters. The first-order valence-electron chi connectivity index (χ1n) is 20.4. The van der Waals surface area contributed by atoms with E-state index in [2.05, 4.69) is 236 Å². The Hall–Kier alpha value is -7.49. The molecule has 0 radical (unpaired) electrons. The van der Waals surface area contributed by atoms with Crippen LogP contribution in [-0.4, -0.2) is 9.61 Å². The van der Waals surface area contributed by atoms with Crippen molar-refractivity contribution in [3.05, 3.63) is 223 Å². The Morgan fingerprint density at radius 1 is 0.441 bits per heavy atom. The summed E-state index contributed by atoms with van der Waals surface area (Å²) in [5.41, 5.74) is 18.1. The maximum Gasteiger partial charge on any atom is 0.101 e. The highest BCUT2D eigenvalue weighted by atomic mass is 15.3. The van der Waals surface area contributed by atoms with Gasteiger partial charge >= 0.3 is 0 Å². The maximum atomic E-state index is 5.70. The van der Waals surface area contributed by atoms with Crippen molar-refractivity contribution in [3.63, 3.8) is 0 Å². The van der Waals surface area contributed by atoms with Gasteiger partial charge in [0, 0.05) is 44.1 Å². The van der Waals surface area contributed by atoms with Crippen molar-refractivity contribution in [2.24, 2.45) is 0 Å². The molecule has 10 aromatic rings. The minimum Gasteiger partial charge on any atom is -0.307 e. The van der Waals surface area contributed by atoms with Crippen LogP contribution in [0.25, 0.3) is 72.2 Å². The fourth-order valence-corrected chi connectivity index (χ4v) is 9.48. The number of hydrogen-bond donors (Lipinski definition) is 0. The molecule has 11 rings (SSSR count). The van der Waals surface area contributed by atoms with Gasteiger partial charge in [-0.15, -0.1) is 0 Å². The summed E-state index contributed by atoms with van der Waals surface area (Å²) in [7, 11) is 0. The summed E-state index contributed by atoms with van der Waals surface area (Å²) in [6.45, 7) is 4.72. The molecule has 0 fully saturated rings. The first-order valence-corrected chi connectivity index (χ1v) is 20.4. The molecule has 2 heterocycles. The van der Waals surface area contributed by atoms with Crippen LogP contribution in [0.2, 0.25) is 0 Å². The number of anilines is 3. The smallest absolute Gasteiger partial charge is 0.101 e. The average Bonchev–Trinajstić information content (AvgIpc) is 3.81. The highest BCUT2D eigenvalue weighted by Gasteiger charge is 2.38. The number of hydrogen-bond acceptors (Lipinski definition) is 2. The first kappa shape index (κ1) is 34.7. The maximum absolute atomic E-state index is 5.70. The van der Waals surface area contributed by atoms with Crippen molar-refractivity contribution in [2.75, 3.05) is 4.90 Å². The van der Waals surface area contributed by atoms with Crippen molar-refractivity contribution >= 4 is 33.4 Å². The third kappa shape index (κ3) is 5.54. The minimum absolute atomic E-state index is 0.176. The molecule has 1 aliphatic rings. The lowest BCUT2D eigenvalue weighted by Gasteiger charge is -2.32. The van der Waals surface area contributed by atoms with Gasteiger partial charge < -0.3 is 4.90 Å². The Balaban J connectivity index is 1.34. The minimum atomic E-state index is -0.176. The van der Waals surface area contributed by atoms with Crippen LogP contribution < -0.4 is 4.90 Å². The summed E-state index contributed by atoms with van der Waals surface area (Å²) in [6.07, 6.45) is 0. The number of aromatic nitrogens is 2. The zero-order chi connectivity index (χ0) is 39.5. The third-order valence-electron chi connectivity index (χ3n) is 12.2. The standard InChI is InChI=1S/C56H41N3/c1-56(2)47-34-18-17-33-46(47)51-48(56)35-20-36-49(51)58(43-30-19-29-42(37-43)38-21-7-3-8-22-38)55-45-32-16-15-31-44(45)54-50(39-23-9-4-10-24-39)52(40-25-11-5-12-26-40)57-59(54)53(55)41-27-13-6-14-28-41/h3-37H,1-2H3. The van der Waals surface area contributed by atoms with E-state index in [1.807, 2.05) is 0 Å². The summed E-state index contributed by atoms with van der Waals surface area (Å²) in [6, 6.07) is 76.7. The van der Waals surface area contributed by atoms with E-state index in [0.29, 0.717) is 0 Å². The topological polar surface area (TPSA) is 20.5 Å². The third-order valence-corrected chi connectivity index (χ3v) is 12.2. The van der Waals surface area contributed by atoms with Gasteiger partial charge in [-0.1, -0.05) is 208 Å². The molecule has 3 nitrogen and oxygen atoms in total. The van der Waals surface area contributed by atoms with Gasteiger partial charge in [0.05, 0.1) is 22.6 Å². The second-order valence-corrected chi connectivity index (χ2v) is 15.9. The van der Waals surface area contributed by atoms with E-state index in [4.69, 9.17) is 5.10 Å². The molecule has 0 amide bonds. The lowest BCUT2D eigenvalue weighted by atomic mass is 9.82. The van der Waals surface area contributed by atoms with Crippen molar-refractivity contribution in [1.82, 2.24) is 9.61 Å². The van der Waals surface area contributed by atoms with Crippen molar-refractivity contribution in [2.45, 2.75) is 19.3 Å². The molecular weight excluding hydrogens is 715 g/mol. The first-order chi connectivity index (χ1) is 29.1. The Morgan fingerprint density at radius 3 is 1.69 bits per heavy atom. The molecule has 59 heavy (non-hydrogen) atoms.